The van der Waals surface area contributed by atoms with Crippen LogP contribution in [-0.2, 0) is 7.05 Å². The molecule has 1 aromatic heterocycles. The van der Waals surface area contributed by atoms with E-state index in [2.05, 4.69) is 17.3 Å². The fourth-order valence-electron chi connectivity index (χ4n) is 4.52. The van der Waals surface area contributed by atoms with Gasteiger partial charge in [-0.25, -0.2) is 4.79 Å². The summed E-state index contributed by atoms with van der Waals surface area (Å²) in [5, 5.41) is 16.9. The molecular weight excluding hydrogens is 394 g/mol. The summed E-state index contributed by atoms with van der Waals surface area (Å²) in [5.41, 5.74) is 2.33. The third-order valence-corrected chi connectivity index (χ3v) is 6.57. The van der Waals surface area contributed by atoms with Crippen LogP contribution in [0.5, 0.6) is 0 Å². The average molecular weight is 426 g/mol. The molecule has 0 saturated carbocycles. The van der Waals surface area contributed by atoms with Crippen molar-refractivity contribution < 1.29 is 14.7 Å². The van der Waals surface area contributed by atoms with E-state index >= 15 is 0 Å². The quantitative estimate of drug-likeness (QED) is 0.788. The number of urea groups is 1. The minimum atomic E-state index is -0.200. The molecule has 0 spiro atoms. The highest BCUT2D eigenvalue weighted by atomic mass is 16.3. The molecule has 0 radical (unpaired) electrons. The minimum Gasteiger partial charge on any atom is -0.396 e. The van der Waals surface area contributed by atoms with E-state index in [-0.39, 0.29) is 30.4 Å². The fraction of sp³-hybridized carbons (Fsp3) is 0.522. The normalized spacial score (nSPS) is 22.0. The van der Waals surface area contributed by atoms with E-state index in [1.54, 1.807) is 40.0 Å². The van der Waals surface area contributed by atoms with Crippen molar-refractivity contribution in [2.24, 2.45) is 18.9 Å². The number of benzene rings is 1. The van der Waals surface area contributed by atoms with Crippen LogP contribution >= 0.6 is 0 Å². The number of piperidine rings is 1. The van der Waals surface area contributed by atoms with Gasteiger partial charge in [-0.15, -0.1) is 0 Å². The lowest BCUT2D eigenvalue weighted by Gasteiger charge is -2.30. The molecule has 2 atom stereocenters. The van der Waals surface area contributed by atoms with Crippen molar-refractivity contribution in [2.75, 3.05) is 38.1 Å². The van der Waals surface area contributed by atoms with Crippen molar-refractivity contribution in [1.82, 2.24) is 19.6 Å². The van der Waals surface area contributed by atoms with Gasteiger partial charge in [-0.1, -0.05) is 6.92 Å². The van der Waals surface area contributed by atoms with Crippen molar-refractivity contribution in [1.29, 1.82) is 0 Å². The maximum Gasteiger partial charge on any atom is 0.321 e. The number of aliphatic hydroxyl groups is 1. The highest BCUT2D eigenvalue weighted by Crippen LogP contribution is 2.32. The molecule has 0 aliphatic carbocycles. The number of rotatable bonds is 4. The third kappa shape index (κ3) is 4.74. The van der Waals surface area contributed by atoms with Crippen molar-refractivity contribution >= 4 is 17.6 Å². The Labute approximate surface area is 182 Å². The van der Waals surface area contributed by atoms with Gasteiger partial charge >= 0.3 is 6.03 Å². The molecule has 2 aromatic rings. The zero-order valence-electron chi connectivity index (χ0n) is 18.2. The number of hydrogen-bond acceptors (Lipinski definition) is 4. The lowest BCUT2D eigenvalue weighted by molar-refractivity contribution is 0.0697. The Morgan fingerprint density at radius 3 is 2.45 bits per heavy atom. The number of amides is 3. The summed E-state index contributed by atoms with van der Waals surface area (Å²) in [5.74, 6) is 0.781. The maximum absolute atomic E-state index is 12.8. The second kappa shape index (κ2) is 9.09. The van der Waals surface area contributed by atoms with Crippen molar-refractivity contribution in [3.63, 3.8) is 0 Å². The van der Waals surface area contributed by atoms with Gasteiger partial charge < -0.3 is 20.2 Å². The molecule has 2 aliphatic heterocycles. The molecule has 0 unspecified atom stereocenters. The molecule has 2 fully saturated rings. The highest BCUT2D eigenvalue weighted by Gasteiger charge is 2.36. The topological polar surface area (TPSA) is 90.7 Å². The first kappa shape index (κ1) is 21.4. The number of aromatic nitrogens is 2. The van der Waals surface area contributed by atoms with Crippen molar-refractivity contribution in [3.8, 4) is 0 Å². The first-order valence-electron chi connectivity index (χ1n) is 11.0. The summed E-state index contributed by atoms with van der Waals surface area (Å²) >= 11 is 0. The number of nitrogens with one attached hydrogen (secondary N) is 1. The monoisotopic (exact) mass is 425 g/mol. The molecule has 1 aromatic carbocycles. The summed E-state index contributed by atoms with van der Waals surface area (Å²) < 4.78 is 1.74. The predicted octanol–water partition coefficient (Wildman–Crippen LogP) is 2.53. The van der Waals surface area contributed by atoms with Crippen LogP contribution < -0.4 is 5.32 Å². The summed E-state index contributed by atoms with van der Waals surface area (Å²) in [6.07, 6.45) is 5.83. The molecular formula is C23H31N5O3. The minimum absolute atomic E-state index is 0.0118. The van der Waals surface area contributed by atoms with Crippen LogP contribution in [0, 0.1) is 11.8 Å². The Kier molecular flexibility index (Phi) is 6.27. The van der Waals surface area contributed by atoms with Gasteiger partial charge in [0, 0.05) is 69.1 Å². The number of likely N-dealkylation sites (tertiary alicyclic amines) is 2. The standard InChI is InChI=1S/C23H31N5O3/c1-16-7-9-27(10-8-16)22(30)17-3-5-20(6-4-17)25-23(31)28-13-19(15-29)21(14-28)18-11-24-26(2)12-18/h3-6,11-12,16,19,21,29H,7-10,13-15H2,1-2H3,(H,25,31)/t19-,21-/m0/s1. The highest BCUT2D eigenvalue weighted by molar-refractivity contribution is 5.95. The number of hydrogen-bond donors (Lipinski definition) is 2. The van der Waals surface area contributed by atoms with Crippen LogP contribution in [0.25, 0.3) is 0 Å². The molecule has 2 aliphatic rings. The predicted molar refractivity (Wildman–Crippen MR) is 118 cm³/mol. The van der Waals surface area contributed by atoms with Crippen molar-refractivity contribution in [2.45, 2.75) is 25.7 Å². The molecule has 0 bridgehead atoms. The molecule has 3 heterocycles. The summed E-state index contributed by atoms with van der Waals surface area (Å²) in [6, 6.07) is 6.89. The number of nitrogens with zero attached hydrogens (tertiary/aromatic N) is 4. The largest absolute Gasteiger partial charge is 0.396 e. The van der Waals surface area contributed by atoms with Crippen LogP contribution in [0.2, 0.25) is 0 Å². The first-order valence-corrected chi connectivity index (χ1v) is 11.0. The molecule has 8 nitrogen and oxygen atoms in total. The van der Waals surface area contributed by atoms with E-state index in [1.807, 2.05) is 18.1 Å². The third-order valence-electron chi connectivity index (χ3n) is 6.57. The van der Waals surface area contributed by atoms with Gasteiger partial charge in [0.1, 0.15) is 0 Å². The van der Waals surface area contributed by atoms with Gasteiger partial charge in [-0.2, -0.15) is 5.10 Å². The molecule has 3 amide bonds. The van der Waals surface area contributed by atoms with E-state index in [1.165, 1.54) is 0 Å². The van der Waals surface area contributed by atoms with Gasteiger partial charge in [0.25, 0.3) is 5.91 Å². The van der Waals surface area contributed by atoms with Crippen molar-refractivity contribution in [3.05, 3.63) is 47.8 Å². The molecule has 4 rings (SSSR count). The van der Waals surface area contributed by atoms with Gasteiger partial charge in [0.05, 0.1) is 6.20 Å². The van der Waals surface area contributed by atoms with Crippen LogP contribution in [-0.4, -0.2) is 69.4 Å². The lowest BCUT2D eigenvalue weighted by Crippen LogP contribution is -2.37. The summed E-state index contributed by atoms with van der Waals surface area (Å²) in [6.45, 7) is 4.88. The smallest absolute Gasteiger partial charge is 0.321 e. The van der Waals surface area contributed by atoms with Crippen LogP contribution in [0.1, 0.15) is 41.6 Å². The zero-order chi connectivity index (χ0) is 22.0. The van der Waals surface area contributed by atoms with E-state index in [9.17, 15) is 14.7 Å². The number of carbonyl (C=O) groups excluding carboxylic acids is 2. The first-order chi connectivity index (χ1) is 14.9. The number of aryl methyl sites for hydroxylation is 1. The van der Waals surface area contributed by atoms with Crippen LogP contribution in [0.3, 0.4) is 0 Å². The Morgan fingerprint density at radius 1 is 1.13 bits per heavy atom. The van der Waals surface area contributed by atoms with E-state index in [0.29, 0.717) is 30.3 Å². The maximum atomic E-state index is 12.8. The second-order valence-corrected chi connectivity index (χ2v) is 8.88. The molecule has 2 saturated heterocycles. The van der Waals surface area contributed by atoms with E-state index in [0.717, 1.165) is 31.5 Å². The molecule has 8 heteroatoms. The lowest BCUT2D eigenvalue weighted by atomic mass is 9.92. The Balaban J connectivity index is 1.36. The van der Waals surface area contributed by atoms with Crippen LogP contribution in [0.4, 0.5) is 10.5 Å². The Bertz CT molecular complexity index is 918. The Hall–Kier alpha value is -2.87. The number of aliphatic hydroxyl groups excluding tert-OH is 1. The van der Waals surface area contributed by atoms with Gasteiger partial charge in [-0.3, -0.25) is 9.48 Å². The Morgan fingerprint density at radius 2 is 1.84 bits per heavy atom. The van der Waals surface area contributed by atoms with Gasteiger partial charge in [0.15, 0.2) is 0 Å². The summed E-state index contributed by atoms with van der Waals surface area (Å²) in [4.78, 5) is 29.1. The molecule has 31 heavy (non-hydrogen) atoms. The SMILES string of the molecule is CC1CCN(C(=O)c2ccc(NC(=O)N3C[C@@H](CO)[C@H](c4cnn(C)c4)C3)cc2)CC1. The number of anilines is 1. The zero-order valence-corrected chi connectivity index (χ0v) is 18.2. The molecule has 2 N–H and O–H groups in total. The second-order valence-electron chi connectivity index (χ2n) is 8.88. The van der Waals surface area contributed by atoms with Crippen LogP contribution in [0.15, 0.2) is 36.7 Å². The summed E-state index contributed by atoms with van der Waals surface area (Å²) in [7, 11) is 1.86. The van der Waals surface area contributed by atoms with Gasteiger partial charge in [-0.05, 0) is 48.6 Å². The van der Waals surface area contributed by atoms with E-state index < -0.39 is 0 Å². The van der Waals surface area contributed by atoms with E-state index in [4.69, 9.17) is 0 Å². The molecule has 166 valence electrons. The fourth-order valence-corrected chi connectivity index (χ4v) is 4.52. The number of carbonyl (C=O) groups is 2. The average Bonchev–Trinajstić information content (AvgIpc) is 3.40. The van der Waals surface area contributed by atoms with Gasteiger partial charge in [0.2, 0.25) is 0 Å².